The molecule has 0 saturated heterocycles. The van der Waals surface area contributed by atoms with Gasteiger partial charge in [0.1, 0.15) is 0 Å². The van der Waals surface area contributed by atoms with Crippen molar-refractivity contribution in [2.24, 2.45) is 17.4 Å². The third-order valence-electron chi connectivity index (χ3n) is 2.86. The third kappa shape index (κ3) is 5.40. The van der Waals surface area contributed by atoms with Crippen molar-refractivity contribution in [1.82, 2.24) is 4.90 Å². The zero-order chi connectivity index (χ0) is 15.1. The van der Waals surface area contributed by atoms with Crippen LogP contribution in [0, 0.1) is 5.92 Å². The number of hydrogen-bond donors (Lipinski definition) is 2. The minimum Gasteiger partial charge on any atom is -0.368 e. The van der Waals surface area contributed by atoms with Gasteiger partial charge in [0.2, 0.25) is 11.8 Å². The molecule has 0 aliphatic heterocycles. The molecule has 0 aliphatic rings. The summed E-state index contributed by atoms with van der Waals surface area (Å²) < 4.78 is 0. The molecule has 0 spiro atoms. The Bertz CT molecular complexity index is 446. The quantitative estimate of drug-likeness (QED) is 0.761. The molecule has 1 rings (SSSR count). The lowest BCUT2D eigenvalue weighted by Gasteiger charge is -2.26. The molecule has 0 fully saturated rings. The highest BCUT2D eigenvalue weighted by molar-refractivity contribution is 5.87. The van der Waals surface area contributed by atoms with Gasteiger partial charge in [-0.25, -0.2) is 0 Å². The second-order valence-electron chi connectivity index (χ2n) is 5.38. The Balaban J connectivity index is 2.69. The Kier molecular flexibility index (Phi) is 6.18. The monoisotopic (exact) mass is 277 g/mol. The molecular formula is C15H23N3O2. The van der Waals surface area contributed by atoms with Gasteiger partial charge in [0.25, 0.3) is 0 Å². The Labute approximate surface area is 119 Å². The topological polar surface area (TPSA) is 89.4 Å². The van der Waals surface area contributed by atoms with Gasteiger partial charge in [0, 0.05) is 6.54 Å². The maximum Gasteiger partial charge on any atom is 0.240 e. The van der Waals surface area contributed by atoms with Gasteiger partial charge in [-0.2, -0.15) is 0 Å². The van der Waals surface area contributed by atoms with Crippen molar-refractivity contribution in [3.05, 3.63) is 35.9 Å². The molecule has 0 aromatic heterocycles. The van der Waals surface area contributed by atoms with E-state index < -0.39 is 11.9 Å². The summed E-state index contributed by atoms with van der Waals surface area (Å²) >= 11 is 0. The molecule has 2 amide bonds. The summed E-state index contributed by atoms with van der Waals surface area (Å²) in [5, 5.41) is 0. The van der Waals surface area contributed by atoms with Gasteiger partial charge in [-0.3, -0.25) is 9.59 Å². The molecule has 0 heterocycles. The molecule has 5 nitrogen and oxygen atoms in total. The maximum atomic E-state index is 12.3. The number of primary amides is 1. The molecular weight excluding hydrogens is 254 g/mol. The highest BCUT2D eigenvalue weighted by Crippen LogP contribution is 2.06. The number of nitrogens with two attached hydrogens (primary N) is 2. The number of nitrogens with zero attached hydrogens (tertiary/aromatic N) is 1. The number of carbonyl (C=O) groups excluding carboxylic acids is 2. The van der Waals surface area contributed by atoms with Gasteiger partial charge in [-0.1, -0.05) is 44.2 Å². The standard InChI is InChI=1S/C15H23N3O2/c1-11(2)9-18(10-14(17)19)15(20)13(16)8-12-6-4-3-5-7-12/h3-7,11,13H,8-10,16H2,1-2H3,(H2,17,19). The molecule has 0 bridgehead atoms. The van der Waals surface area contributed by atoms with Crippen LogP contribution in [0.5, 0.6) is 0 Å². The molecule has 110 valence electrons. The van der Waals surface area contributed by atoms with Crippen LogP contribution in [0.3, 0.4) is 0 Å². The van der Waals surface area contributed by atoms with Crippen LogP contribution in [0.25, 0.3) is 0 Å². The molecule has 0 aliphatic carbocycles. The number of carbonyl (C=O) groups is 2. The van der Waals surface area contributed by atoms with E-state index in [9.17, 15) is 9.59 Å². The number of hydrogen-bond acceptors (Lipinski definition) is 3. The molecule has 1 aromatic carbocycles. The molecule has 0 saturated carbocycles. The smallest absolute Gasteiger partial charge is 0.240 e. The summed E-state index contributed by atoms with van der Waals surface area (Å²) in [6.07, 6.45) is 0.451. The molecule has 0 radical (unpaired) electrons. The van der Waals surface area contributed by atoms with E-state index in [0.717, 1.165) is 5.56 Å². The number of rotatable bonds is 7. The second kappa shape index (κ2) is 7.65. The highest BCUT2D eigenvalue weighted by atomic mass is 16.2. The molecule has 1 unspecified atom stereocenters. The van der Waals surface area contributed by atoms with Gasteiger partial charge < -0.3 is 16.4 Å². The van der Waals surface area contributed by atoms with E-state index in [-0.39, 0.29) is 18.4 Å². The zero-order valence-corrected chi connectivity index (χ0v) is 12.1. The Hall–Kier alpha value is -1.88. The first-order chi connectivity index (χ1) is 9.40. The van der Waals surface area contributed by atoms with Crippen LogP contribution in [0.1, 0.15) is 19.4 Å². The van der Waals surface area contributed by atoms with Crippen LogP contribution in [0.15, 0.2) is 30.3 Å². The van der Waals surface area contributed by atoms with E-state index in [1.807, 2.05) is 44.2 Å². The van der Waals surface area contributed by atoms with E-state index in [1.54, 1.807) is 0 Å². The van der Waals surface area contributed by atoms with Crippen LogP contribution >= 0.6 is 0 Å². The Morgan fingerprint density at radius 3 is 2.30 bits per heavy atom. The van der Waals surface area contributed by atoms with Crippen molar-refractivity contribution in [3.8, 4) is 0 Å². The molecule has 20 heavy (non-hydrogen) atoms. The SMILES string of the molecule is CC(C)CN(CC(N)=O)C(=O)C(N)Cc1ccccc1. The average Bonchev–Trinajstić information content (AvgIpc) is 2.37. The van der Waals surface area contributed by atoms with Gasteiger partial charge in [0.15, 0.2) is 0 Å². The highest BCUT2D eigenvalue weighted by Gasteiger charge is 2.23. The van der Waals surface area contributed by atoms with Gasteiger partial charge in [-0.15, -0.1) is 0 Å². The lowest BCUT2D eigenvalue weighted by atomic mass is 10.0. The van der Waals surface area contributed by atoms with E-state index >= 15 is 0 Å². The van der Waals surface area contributed by atoms with Crippen molar-refractivity contribution < 1.29 is 9.59 Å². The normalized spacial score (nSPS) is 12.2. The lowest BCUT2D eigenvalue weighted by Crippen LogP contribution is -2.49. The fourth-order valence-corrected chi connectivity index (χ4v) is 2.05. The van der Waals surface area contributed by atoms with E-state index in [1.165, 1.54) is 4.90 Å². The predicted molar refractivity (Wildman–Crippen MR) is 78.7 cm³/mol. The summed E-state index contributed by atoms with van der Waals surface area (Å²) in [6.45, 7) is 4.34. The first kappa shape index (κ1) is 16.2. The van der Waals surface area contributed by atoms with Crippen LogP contribution in [-0.4, -0.2) is 35.8 Å². The summed E-state index contributed by atoms with van der Waals surface area (Å²) in [4.78, 5) is 24.8. The fraction of sp³-hybridized carbons (Fsp3) is 0.467. The van der Waals surface area contributed by atoms with E-state index in [2.05, 4.69) is 0 Å². The van der Waals surface area contributed by atoms with Gasteiger partial charge in [-0.05, 0) is 17.9 Å². The molecule has 1 aromatic rings. The molecule has 4 N–H and O–H groups in total. The minimum atomic E-state index is -0.657. The van der Waals surface area contributed by atoms with E-state index in [0.29, 0.717) is 13.0 Å². The van der Waals surface area contributed by atoms with Crippen LogP contribution in [0.4, 0.5) is 0 Å². The first-order valence-corrected chi connectivity index (χ1v) is 6.76. The average molecular weight is 277 g/mol. The number of amides is 2. The lowest BCUT2D eigenvalue weighted by molar-refractivity contribution is -0.136. The minimum absolute atomic E-state index is 0.0838. The summed E-state index contributed by atoms with van der Waals surface area (Å²) in [7, 11) is 0. The van der Waals surface area contributed by atoms with Crippen molar-refractivity contribution >= 4 is 11.8 Å². The van der Waals surface area contributed by atoms with Crippen molar-refractivity contribution in [1.29, 1.82) is 0 Å². The van der Waals surface area contributed by atoms with E-state index in [4.69, 9.17) is 11.5 Å². The fourth-order valence-electron chi connectivity index (χ4n) is 2.05. The summed E-state index contributed by atoms with van der Waals surface area (Å²) in [5.74, 6) is -0.505. The maximum absolute atomic E-state index is 12.3. The third-order valence-corrected chi connectivity index (χ3v) is 2.86. The summed E-state index contributed by atoms with van der Waals surface area (Å²) in [6, 6.07) is 8.91. The predicted octanol–water partition coefficient (Wildman–Crippen LogP) is 0.526. The van der Waals surface area contributed by atoms with Crippen molar-refractivity contribution in [2.75, 3.05) is 13.1 Å². The van der Waals surface area contributed by atoms with Crippen LogP contribution in [-0.2, 0) is 16.0 Å². The second-order valence-corrected chi connectivity index (χ2v) is 5.38. The van der Waals surface area contributed by atoms with Crippen LogP contribution in [0.2, 0.25) is 0 Å². The zero-order valence-electron chi connectivity index (χ0n) is 12.1. The summed E-state index contributed by atoms with van der Waals surface area (Å²) in [5.41, 5.74) is 12.1. The molecule has 1 atom stereocenters. The van der Waals surface area contributed by atoms with Gasteiger partial charge >= 0.3 is 0 Å². The number of benzene rings is 1. The van der Waals surface area contributed by atoms with Crippen molar-refractivity contribution in [3.63, 3.8) is 0 Å². The largest absolute Gasteiger partial charge is 0.368 e. The molecule has 5 heteroatoms. The Morgan fingerprint density at radius 1 is 1.20 bits per heavy atom. The van der Waals surface area contributed by atoms with Crippen molar-refractivity contribution in [2.45, 2.75) is 26.3 Å². The van der Waals surface area contributed by atoms with Crippen LogP contribution < -0.4 is 11.5 Å². The Morgan fingerprint density at radius 2 is 1.80 bits per heavy atom. The van der Waals surface area contributed by atoms with Gasteiger partial charge in [0.05, 0.1) is 12.6 Å². The first-order valence-electron chi connectivity index (χ1n) is 6.76.